The fourth-order valence-electron chi connectivity index (χ4n) is 5.61. The highest BCUT2D eigenvalue weighted by Crippen LogP contribution is 2.44. The number of piperidine rings is 2. The van der Waals surface area contributed by atoms with Crippen LogP contribution in [0.4, 0.5) is 0 Å². The van der Waals surface area contributed by atoms with E-state index >= 15 is 0 Å². The summed E-state index contributed by atoms with van der Waals surface area (Å²) in [7, 11) is 4.22. The zero-order valence-electron chi connectivity index (χ0n) is 17.9. The average Bonchev–Trinajstić information content (AvgIpc) is 3.14. The second-order valence-corrected chi connectivity index (χ2v) is 9.36. The van der Waals surface area contributed by atoms with Crippen molar-refractivity contribution in [2.75, 3.05) is 33.2 Å². The highest BCUT2D eigenvalue weighted by molar-refractivity contribution is 5.97. The molecule has 0 unspecified atom stereocenters. The standard InChI is InChI=1S/C25H30N4O/c1-27-16-21(19-6-4-3-5-7-19)15-25(17-27)10-12-29(13-11-25)24(30)20-8-9-23-22(14-20)26-18-28(23)2/h3-9,14,18,21H,10-13,15-17H2,1-2H3/t21-/m1/s1. The van der Waals surface area contributed by atoms with Crippen molar-refractivity contribution in [1.29, 1.82) is 0 Å². The second-order valence-electron chi connectivity index (χ2n) is 9.36. The molecule has 2 fully saturated rings. The number of nitrogens with zero attached hydrogens (tertiary/aromatic N) is 4. The monoisotopic (exact) mass is 402 g/mol. The number of fused-ring (bicyclic) bond motifs is 1. The van der Waals surface area contributed by atoms with Crippen LogP contribution in [-0.4, -0.2) is 58.5 Å². The van der Waals surface area contributed by atoms with E-state index < -0.39 is 0 Å². The third kappa shape index (κ3) is 3.52. The van der Waals surface area contributed by atoms with Gasteiger partial charge >= 0.3 is 0 Å². The summed E-state index contributed by atoms with van der Waals surface area (Å²) in [5, 5.41) is 0. The first-order valence-electron chi connectivity index (χ1n) is 11.0. The summed E-state index contributed by atoms with van der Waals surface area (Å²) in [6.45, 7) is 3.94. The molecule has 1 spiro atoms. The first-order chi connectivity index (χ1) is 14.5. The van der Waals surface area contributed by atoms with Gasteiger partial charge in [-0.05, 0) is 61.4 Å². The Morgan fingerprint density at radius 3 is 2.60 bits per heavy atom. The summed E-state index contributed by atoms with van der Waals surface area (Å²) in [4.78, 5) is 22.1. The molecule has 0 saturated carbocycles. The zero-order valence-corrected chi connectivity index (χ0v) is 17.9. The number of amides is 1. The molecule has 5 rings (SSSR count). The summed E-state index contributed by atoms with van der Waals surface area (Å²) in [6.07, 6.45) is 5.19. The van der Waals surface area contributed by atoms with Crippen molar-refractivity contribution in [2.24, 2.45) is 12.5 Å². The Morgan fingerprint density at radius 2 is 1.83 bits per heavy atom. The van der Waals surface area contributed by atoms with Gasteiger partial charge in [0.1, 0.15) is 0 Å². The van der Waals surface area contributed by atoms with Crippen LogP contribution >= 0.6 is 0 Å². The van der Waals surface area contributed by atoms with Crippen molar-refractivity contribution in [3.63, 3.8) is 0 Å². The Morgan fingerprint density at radius 1 is 1.07 bits per heavy atom. The molecule has 30 heavy (non-hydrogen) atoms. The molecule has 3 heterocycles. The molecule has 5 heteroatoms. The van der Waals surface area contributed by atoms with Gasteiger partial charge in [0.05, 0.1) is 17.4 Å². The maximum Gasteiger partial charge on any atom is 0.253 e. The van der Waals surface area contributed by atoms with E-state index in [1.165, 1.54) is 12.0 Å². The van der Waals surface area contributed by atoms with E-state index in [2.05, 4.69) is 47.3 Å². The molecule has 5 nitrogen and oxygen atoms in total. The molecule has 0 N–H and O–H groups in total. The number of carbonyl (C=O) groups is 1. The van der Waals surface area contributed by atoms with Crippen molar-refractivity contribution < 1.29 is 4.79 Å². The lowest BCUT2D eigenvalue weighted by Crippen LogP contribution is -2.51. The van der Waals surface area contributed by atoms with Gasteiger partial charge in [-0.2, -0.15) is 0 Å². The molecule has 0 radical (unpaired) electrons. The van der Waals surface area contributed by atoms with E-state index in [1.807, 2.05) is 34.7 Å². The normalized spacial score (nSPS) is 21.9. The zero-order chi connectivity index (χ0) is 20.7. The molecule has 2 saturated heterocycles. The van der Waals surface area contributed by atoms with Crippen LogP contribution in [0.25, 0.3) is 11.0 Å². The van der Waals surface area contributed by atoms with E-state index in [0.29, 0.717) is 11.3 Å². The molecule has 156 valence electrons. The van der Waals surface area contributed by atoms with Gasteiger partial charge in [0.25, 0.3) is 5.91 Å². The van der Waals surface area contributed by atoms with Crippen LogP contribution in [0.15, 0.2) is 54.9 Å². The number of aryl methyl sites for hydroxylation is 1. The summed E-state index contributed by atoms with van der Waals surface area (Å²) in [6, 6.07) is 16.8. The Hall–Kier alpha value is -2.66. The van der Waals surface area contributed by atoms with Crippen molar-refractivity contribution in [3.8, 4) is 0 Å². The fraction of sp³-hybridized carbons (Fsp3) is 0.440. The van der Waals surface area contributed by atoms with Crippen LogP contribution < -0.4 is 0 Å². The minimum atomic E-state index is 0.140. The number of benzene rings is 2. The Bertz CT molecular complexity index is 1050. The predicted molar refractivity (Wildman–Crippen MR) is 120 cm³/mol. The number of carbonyl (C=O) groups excluding carboxylic acids is 1. The Kier molecular flexibility index (Phi) is 4.86. The van der Waals surface area contributed by atoms with Gasteiger partial charge in [-0.15, -0.1) is 0 Å². The highest BCUT2D eigenvalue weighted by Gasteiger charge is 2.42. The number of likely N-dealkylation sites (tertiary alicyclic amines) is 2. The maximum atomic E-state index is 13.2. The topological polar surface area (TPSA) is 41.4 Å². The SMILES string of the molecule is CN1C[C@H](c2ccccc2)CC2(CCN(C(=O)c3ccc4c(c3)ncn4C)CC2)C1. The average molecular weight is 403 g/mol. The summed E-state index contributed by atoms with van der Waals surface area (Å²) in [5.74, 6) is 0.722. The lowest BCUT2D eigenvalue weighted by Gasteiger charge is -2.49. The van der Waals surface area contributed by atoms with E-state index in [0.717, 1.165) is 55.6 Å². The van der Waals surface area contributed by atoms with Gasteiger partial charge in [-0.1, -0.05) is 30.3 Å². The Balaban J connectivity index is 1.29. The second kappa shape index (κ2) is 7.55. The van der Waals surface area contributed by atoms with Gasteiger partial charge < -0.3 is 14.4 Å². The molecular weight excluding hydrogens is 372 g/mol. The van der Waals surface area contributed by atoms with Crippen molar-refractivity contribution >= 4 is 16.9 Å². The largest absolute Gasteiger partial charge is 0.339 e. The molecule has 0 bridgehead atoms. The number of imidazole rings is 1. The quantitative estimate of drug-likeness (QED) is 0.653. The van der Waals surface area contributed by atoms with Crippen molar-refractivity contribution in [1.82, 2.24) is 19.4 Å². The van der Waals surface area contributed by atoms with Crippen LogP contribution in [0.5, 0.6) is 0 Å². The summed E-state index contributed by atoms with van der Waals surface area (Å²) < 4.78 is 1.98. The van der Waals surface area contributed by atoms with E-state index in [4.69, 9.17) is 0 Å². The van der Waals surface area contributed by atoms with Gasteiger partial charge in [0.2, 0.25) is 0 Å². The predicted octanol–water partition coefficient (Wildman–Crippen LogP) is 3.92. The summed E-state index contributed by atoms with van der Waals surface area (Å²) in [5.41, 5.74) is 4.46. The van der Waals surface area contributed by atoms with Gasteiger partial charge in [-0.3, -0.25) is 4.79 Å². The lowest BCUT2D eigenvalue weighted by molar-refractivity contribution is 0.0224. The lowest BCUT2D eigenvalue weighted by atomic mass is 9.68. The van der Waals surface area contributed by atoms with E-state index in [1.54, 1.807) is 6.33 Å². The third-order valence-corrected chi connectivity index (χ3v) is 7.17. The van der Waals surface area contributed by atoms with Gasteiger partial charge in [0.15, 0.2) is 0 Å². The number of aromatic nitrogens is 2. The highest BCUT2D eigenvalue weighted by atomic mass is 16.2. The Labute approximate surface area is 178 Å². The van der Waals surface area contributed by atoms with Crippen molar-refractivity contribution in [3.05, 3.63) is 66.0 Å². The molecule has 3 aromatic rings. The van der Waals surface area contributed by atoms with Crippen LogP contribution in [0.2, 0.25) is 0 Å². The smallest absolute Gasteiger partial charge is 0.253 e. The van der Waals surface area contributed by atoms with Crippen LogP contribution in [0, 0.1) is 5.41 Å². The first kappa shape index (κ1) is 19.3. The molecule has 2 aliphatic rings. The number of hydrogen-bond donors (Lipinski definition) is 0. The number of hydrogen-bond acceptors (Lipinski definition) is 3. The minimum absolute atomic E-state index is 0.140. The third-order valence-electron chi connectivity index (χ3n) is 7.17. The van der Waals surface area contributed by atoms with Crippen molar-refractivity contribution in [2.45, 2.75) is 25.2 Å². The van der Waals surface area contributed by atoms with E-state index in [9.17, 15) is 4.79 Å². The fourth-order valence-corrected chi connectivity index (χ4v) is 5.61. The molecule has 1 aromatic heterocycles. The molecule has 0 aliphatic carbocycles. The van der Waals surface area contributed by atoms with Crippen LogP contribution in [0.1, 0.15) is 41.1 Å². The van der Waals surface area contributed by atoms with Gasteiger partial charge in [0, 0.05) is 38.8 Å². The molecule has 2 aliphatic heterocycles. The minimum Gasteiger partial charge on any atom is -0.339 e. The number of rotatable bonds is 2. The molecule has 1 amide bonds. The maximum absolute atomic E-state index is 13.2. The number of likely N-dealkylation sites (N-methyl/N-ethyl adjacent to an activating group) is 1. The van der Waals surface area contributed by atoms with Crippen LogP contribution in [-0.2, 0) is 7.05 Å². The molecular formula is C25H30N4O. The molecule has 2 aromatic carbocycles. The molecule has 1 atom stereocenters. The summed E-state index contributed by atoms with van der Waals surface area (Å²) >= 11 is 0. The van der Waals surface area contributed by atoms with E-state index in [-0.39, 0.29) is 5.91 Å². The van der Waals surface area contributed by atoms with Gasteiger partial charge in [-0.25, -0.2) is 4.98 Å². The van der Waals surface area contributed by atoms with Crippen LogP contribution in [0.3, 0.4) is 0 Å². The first-order valence-corrected chi connectivity index (χ1v) is 11.0.